The van der Waals surface area contributed by atoms with Crippen LogP contribution in [0, 0.1) is 11.3 Å². The van der Waals surface area contributed by atoms with Gasteiger partial charge in [-0.25, -0.2) is 4.79 Å². The molecular weight excluding hydrogens is 516 g/mol. The fourth-order valence-corrected chi connectivity index (χ4v) is 4.28. The van der Waals surface area contributed by atoms with Gasteiger partial charge in [-0.05, 0) is 49.1 Å². The maximum absolute atomic E-state index is 14.2. The molecule has 0 fully saturated rings. The Morgan fingerprint density at radius 1 is 0.976 bits per heavy atom. The number of nitriles is 1. The molecule has 2 unspecified atom stereocenters. The first-order chi connectivity index (χ1) is 19.6. The molecule has 2 N–H and O–H groups in total. The van der Waals surface area contributed by atoms with Crippen LogP contribution < -0.4 is 10.6 Å². The van der Waals surface area contributed by atoms with Gasteiger partial charge in [0.15, 0.2) is 0 Å². The summed E-state index contributed by atoms with van der Waals surface area (Å²) in [6.07, 6.45) is 0.995. The molecule has 0 aliphatic rings. The van der Waals surface area contributed by atoms with E-state index >= 15 is 0 Å². The van der Waals surface area contributed by atoms with Gasteiger partial charge in [0.05, 0.1) is 6.07 Å². The van der Waals surface area contributed by atoms with Crippen LogP contribution in [0.3, 0.4) is 0 Å². The molecule has 3 amide bonds. The molecule has 2 atom stereocenters. The summed E-state index contributed by atoms with van der Waals surface area (Å²) < 4.78 is 5.43. The van der Waals surface area contributed by atoms with Gasteiger partial charge in [-0.2, -0.15) is 5.26 Å². The number of nitrogens with zero attached hydrogens (tertiary/aromatic N) is 2. The fourth-order valence-electron chi connectivity index (χ4n) is 4.28. The molecule has 3 rings (SSSR count). The molecule has 0 saturated carbocycles. The number of amides is 3. The number of carbonyl (C=O) groups excluding carboxylic acids is 3. The Hall–Kier alpha value is -4.90. The lowest BCUT2D eigenvalue weighted by Crippen LogP contribution is -2.53. The Balaban J connectivity index is 2.01. The predicted molar refractivity (Wildman–Crippen MR) is 158 cm³/mol. The zero-order chi connectivity index (χ0) is 29.8. The topological polar surface area (TPSA) is 112 Å². The molecule has 0 aliphatic carbocycles. The minimum absolute atomic E-state index is 0.131. The van der Waals surface area contributed by atoms with Crippen molar-refractivity contribution in [2.45, 2.75) is 51.4 Å². The van der Waals surface area contributed by atoms with Crippen LogP contribution in [-0.2, 0) is 27.3 Å². The van der Waals surface area contributed by atoms with Crippen molar-refractivity contribution in [1.29, 1.82) is 5.26 Å². The van der Waals surface area contributed by atoms with Crippen molar-refractivity contribution in [2.24, 2.45) is 0 Å². The van der Waals surface area contributed by atoms with E-state index in [2.05, 4.69) is 17.2 Å². The number of carbonyl (C=O) groups is 3. The van der Waals surface area contributed by atoms with E-state index < -0.39 is 35.6 Å². The molecule has 0 bridgehead atoms. The highest BCUT2D eigenvalue weighted by molar-refractivity contribution is 5.92. The summed E-state index contributed by atoms with van der Waals surface area (Å²) in [5, 5.41) is 15.4. The van der Waals surface area contributed by atoms with Crippen molar-refractivity contribution in [3.63, 3.8) is 0 Å². The Morgan fingerprint density at radius 2 is 1.61 bits per heavy atom. The summed E-state index contributed by atoms with van der Waals surface area (Å²) in [5.74, 6) is -1.06. The molecule has 0 spiro atoms. The molecule has 3 aromatic rings. The average Bonchev–Trinajstić information content (AvgIpc) is 2.95. The van der Waals surface area contributed by atoms with Crippen LogP contribution >= 0.6 is 0 Å². The molecule has 212 valence electrons. The molecular formula is C33H36N4O4. The third kappa shape index (κ3) is 9.36. The van der Waals surface area contributed by atoms with Crippen LogP contribution in [0.1, 0.15) is 49.1 Å². The predicted octanol–water partition coefficient (Wildman–Crippen LogP) is 5.18. The SMILES string of the molecule is C=Cc1cccc(C(C(=O)NCc2ccccc2)N(CC#N)C(=O)C(Cc2ccccc2)NC(=O)OC(C)(C)C)c1. The van der Waals surface area contributed by atoms with Gasteiger partial charge in [-0.3, -0.25) is 9.59 Å². The number of rotatable bonds is 11. The summed E-state index contributed by atoms with van der Waals surface area (Å²) in [5.41, 5.74) is 2.14. The molecule has 0 heterocycles. The van der Waals surface area contributed by atoms with Gasteiger partial charge in [-0.1, -0.05) is 91.5 Å². The molecule has 3 aromatic carbocycles. The van der Waals surface area contributed by atoms with Crippen molar-refractivity contribution in [2.75, 3.05) is 6.54 Å². The molecule has 8 nitrogen and oxygen atoms in total. The van der Waals surface area contributed by atoms with Gasteiger partial charge in [0.2, 0.25) is 11.8 Å². The highest BCUT2D eigenvalue weighted by atomic mass is 16.6. The molecule has 8 heteroatoms. The Morgan fingerprint density at radius 3 is 2.20 bits per heavy atom. The van der Waals surface area contributed by atoms with E-state index in [1.54, 1.807) is 45.0 Å². The van der Waals surface area contributed by atoms with Gasteiger partial charge in [-0.15, -0.1) is 0 Å². The second-order valence-electron chi connectivity index (χ2n) is 10.5. The third-order valence-electron chi connectivity index (χ3n) is 6.13. The second-order valence-corrected chi connectivity index (χ2v) is 10.5. The summed E-state index contributed by atoms with van der Waals surface area (Å²) in [7, 11) is 0. The van der Waals surface area contributed by atoms with Crippen LogP contribution in [0.2, 0.25) is 0 Å². The van der Waals surface area contributed by atoms with Crippen LogP contribution in [0.5, 0.6) is 0 Å². The van der Waals surface area contributed by atoms with E-state index in [4.69, 9.17) is 4.74 Å². The third-order valence-corrected chi connectivity index (χ3v) is 6.13. The summed E-state index contributed by atoms with van der Waals surface area (Å²) in [4.78, 5) is 42.0. The van der Waals surface area contributed by atoms with Crippen molar-refractivity contribution < 1.29 is 19.1 Å². The first kappa shape index (κ1) is 30.6. The molecule has 0 saturated heterocycles. The van der Waals surface area contributed by atoms with Gasteiger partial charge in [0.25, 0.3) is 0 Å². The maximum Gasteiger partial charge on any atom is 0.408 e. The zero-order valence-corrected chi connectivity index (χ0v) is 23.7. The smallest absolute Gasteiger partial charge is 0.408 e. The maximum atomic E-state index is 14.2. The number of ether oxygens (including phenoxy) is 1. The number of alkyl carbamates (subject to hydrolysis) is 1. The average molecular weight is 553 g/mol. The first-order valence-electron chi connectivity index (χ1n) is 13.4. The van der Waals surface area contributed by atoms with E-state index in [-0.39, 0.29) is 19.5 Å². The largest absolute Gasteiger partial charge is 0.444 e. The van der Waals surface area contributed by atoms with Crippen molar-refractivity contribution in [1.82, 2.24) is 15.5 Å². The van der Waals surface area contributed by atoms with E-state index in [0.29, 0.717) is 5.56 Å². The van der Waals surface area contributed by atoms with E-state index in [0.717, 1.165) is 16.7 Å². The summed E-state index contributed by atoms with van der Waals surface area (Å²) in [6, 6.07) is 25.4. The number of benzene rings is 3. The number of nitrogens with one attached hydrogen (secondary N) is 2. The van der Waals surface area contributed by atoms with Crippen LogP contribution in [0.25, 0.3) is 6.08 Å². The van der Waals surface area contributed by atoms with E-state index in [1.807, 2.05) is 72.8 Å². The number of hydrogen-bond donors (Lipinski definition) is 2. The van der Waals surface area contributed by atoms with E-state index in [1.165, 1.54) is 4.90 Å². The molecule has 0 aliphatic heterocycles. The minimum Gasteiger partial charge on any atom is -0.444 e. The highest BCUT2D eigenvalue weighted by Gasteiger charge is 2.36. The Labute approximate surface area is 241 Å². The van der Waals surface area contributed by atoms with Gasteiger partial charge in [0.1, 0.15) is 24.2 Å². The van der Waals surface area contributed by atoms with Crippen LogP contribution in [0.4, 0.5) is 4.79 Å². The van der Waals surface area contributed by atoms with Crippen LogP contribution in [0.15, 0.2) is 91.5 Å². The standard InChI is InChI=1S/C33H36N4O4/c1-5-24-17-12-18-27(21-24)29(30(38)35-23-26-15-10-7-11-16-26)37(20-19-34)31(39)28(22-25-13-8-6-9-14-25)36-32(40)41-33(2,3)4/h5-18,21,28-29H,1,20,22-23H2,2-4H3,(H,35,38)(H,36,40). The molecule has 41 heavy (non-hydrogen) atoms. The second kappa shape index (κ2) is 14.5. The normalized spacial score (nSPS) is 12.2. The summed E-state index contributed by atoms with van der Waals surface area (Å²) >= 11 is 0. The lowest BCUT2D eigenvalue weighted by molar-refractivity contribution is -0.141. The fraction of sp³-hybridized carbons (Fsp3) is 0.273. The lowest BCUT2D eigenvalue weighted by Gasteiger charge is -2.33. The van der Waals surface area contributed by atoms with Crippen molar-refractivity contribution in [3.8, 4) is 6.07 Å². The van der Waals surface area contributed by atoms with Crippen molar-refractivity contribution >= 4 is 24.0 Å². The van der Waals surface area contributed by atoms with E-state index in [9.17, 15) is 19.6 Å². The minimum atomic E-state index is -1.15. The first-order valence-corrected chi connectivity index (χ1v) is 13.4. The van der Waals surface area contributed by atoms with Crippen LogP contribution in [-0.4, -0.2) is 41.0 Å². The zero-order valence-electron chi connectivity index (χ0n) is 23.7. The van der Waals surface area contributed by atoms with Gasteiger partial charge < -0.3 is 20.3 Å². The Bertz CT molecular complexity index is 1380. The van der Waals surface area contributed by atoms with Gasteiger partial charge in [0, 0.05) is 13.0 Å². The number of hydrogen-bond acceptors (Lipinski definition) is 5. The molecule has 0 radical (unpaired) electrons. The molecule has 0 aromatic heterocycles. The monoisotopic (exact) mass is 552 g/mol. The Kier molecular flexibility index (Phi) is 10.8. The van der Waals surface area contributed by atoms with Gasteiger partial charge >= 0.3 is 6.09 Å². The quantitative estimate of drug-likeness (QED) is 0.319. The summed E-state index contributed by atoms with van der Waals surface area (Å²) in [6.45, 7) is 8.83. The van der Waals surface area contributed by atoms with Crippen molar-refractivity contribution in [3.05, 3.63) is 114 Å². The lowest BCUT2D eigenvalue weighted by atomic mass is 9.99. The highest BCUT2D eigenvalue weighted by Crippen LogP contribution is 2.25.